The van der Waals surface area contributed by atoms with Gasteiger partial charge in [0.15, 0.2) is 0 Å². The number of aryl methyl sites for hydroxylation is 1. The van der Waals surface area contributed by atoms with Crippen molar-refractivity contribution in [2.75, 3.05) is 6.54 Å². The predicted octanol–water partition coefficient (Wildman–Crippen LogP) is 7.68. The molecular formula is C38H46N8Y4-4. The van der Waals surface area contributed by atoms with Crippen molar-refractivity contribution >= 4 is 11.9 Å². The monoisotopic (exact) mass is 970 g/mol. The Labute approximate surface area is 401 Å². The van der Waals surface area contributed by atoms with E-state index in [9.17, 15) is 0 Å². The van der Waals surface area contributed by atoms with E-state index in [-0.39, 0.29) is 131 Å². The van der Waals surface area contributed by atoms with E-state index in [1.807, 2.05) is 73.7 Å². The van der Waals surface area contributed by atoms with Gasteiger partial charge in [-0.3, -0.25) is 4.99 Å². The zero-order valence-electron chi connectivity index (χ0n) is 30.6. The number of allylic oxidation sites excluding steroid dienone is 1. The van der Waals surface area contributed by atoms with Crippen molar-refractivity contribution in [1.29, 1.82) is 0 Å². The zero-order chi connectivity index (χ0) is 33.7. The van der Waals surface area contributed by atoms with Crippen LogP contribution < -0.4 is 5.73 Å². The van der Waals surface area contributed by atoms with Gasteiger partial charge < -0.3 is 30.2 Å². The Bertz CT molecular complexity index is 1530. The molecule has 0 aromatic carbocycles. The molecule has 2 N–H and O–H groups in total. The minimum absolute atomic E-state index is 0. The van der Waals surface area contributed by atoms with Crippen LogP contribution in [0.1, 0.15) is 88.6 Å². The predicted molar refractivity (Wildman–Crippen MR) is 188 cm³/mol. The van der Waals surface area contributed by atoms with Gasteiger partial charge >= 0.3 is 0 Å². The minimum atomic E-state index is 0. The third-order valence-corrected chi connectivity index (χ3v) is 6.25. The van der Waals surface area contributed by atoms with Crippen LogP contribution in [0.3, 0.4) is 0 Å². The Balaban J connectivity index is -0.000000603. The molecule has 5 rings (SSSR count). The van der Waals surface area contributed by atoms with Crippen LogP contribution in [-0.2, 0) is 138 Å². The second-order valence-corrected chi connectivity index (χ2v) is 11.1. The molecule has 0 spiro atoms. The molecule has 0 amide bonds. The van der Waals surface area contributed by atoms with Crippen molar-refractivity contribution in [3.05, 3.63) is 133 Å². The number of aromatic nitrogens is 6. The molecular weight excluding hydrogens is 924 g/mol. The molecule has 0 aliphatic rings. The van der Waals surface area contributed by atoms with E-state index in [2.05, 4.69) is 95.7 Å². The van der Waals surface area contributed by atoms with E-state index in [0.29, 0.717) is 23.5 Å². The van der Waals surface area contributed by atoms with Gasteiger partial charge in [-0.15, -0.1) is 28.8 Å². The van der Waals surface area contributed by atoms with Gasteiger partial charge in [-0.05, 0) is 42.1 Å². The van der Waals surface area contributed by atoms with Gasteiger partial charge in [0.1, 0.15) is 0 Å². The van der Waals surface area contributed by atoms with E-state index in [4.69, 9.17) is 5.73 Å². The molecule has 0 aliphatic heterocycles. The average molecular weight is 970 g/mol. The summed E-state index contributed by atoms with van der Waals surface area (Å²) in [7, 11) is 1.95. The van der Waals surface area contributed by atoms with Crippen LogP contribution in [0, 0.1) is 24.3 Å². The summed E-state index contributed by atoms with van der Waals surface area (Å²) >= 11 is 0. The second kappa shape index (κ2) is 31.9. The SMILES string of the molecule is CC(C)c1[c-]cc(-c2cn(C)cn2)nc1.CC(C)c1[c-]ccnc1.CCN=C/C=C(\N)c1c[c-]c(C(C)C)cn1.[Y].[Y].[Y].[Y].[c-]1cccnc1. The third kappa shape index (κ3) is 22.5. The first kappa shape index (κ1) is 53.8. The van der Waals surface area contributed by atoms with Crippen LogP contribution in [-0.4, -0.2) is 42.2 Å². The maximum Gasteiger partial charge on any atom is 0.0938 e. The number of nitrogens with two attached hydrogens (primary N) is 1. The molecule has 0 aliphatic carbocycles. The number of aliphatic imine (C=N–C) groups is 1. The Morgan fingerprint density at radius 1 is 0.780 bits per heavy atom. The quantitative estimate of drug-likeness (QED) is 0.133. The molecule has 5 heterocycles. The van der Waals surface area contributed by atoms with Crippen molar-refractivity contribution in [1.82, 2.24) is 29.5 Å². The van der Waals surface area contributed by atoms with Gasteiger partial charge in [-0.2, -0.15) is 30.3 Å². The first-order valence-corrected chi connectivity index (χ1v) is 15.4. The normalized spacial score (nSPS) is 10.1. The van der Waals surface area contributed by atoms with Gasteiger partial charge in [-0.25, -0.2) is 17.1 Å². The smallest absolute Gasteiger partial charge is 0.0938 e. The van der Waals surface area contributed by atoms with Crippen LogP contribution >= 0.6 is 0 Å². The first-order valence-electron chi connectivity index (χ1n) is 15.4. The molecule has 8 nitrogen and oxygen atoms in total. The third-order valence-electron chi connectivity index (χ3n) is 6.25. The number of hydrogen-bond donors (Lipinski definition) is 1. The summed E-state index contributed by atoms with van der Waals surface area (Å²) in [5.74, 6) is 1.45. The van der Waals surface area contributed by atoms with E-state index in [1.54, 1.807) is 37.2 Å². The van der Waals surface area contributed by atoms with E-state index < -0.39 is 0 Å². The summed E-state index contributed by atoms with van der Waals surface area (Å²) in [5.41, 5.74) is 12.4. The maximum atomic E-state index is 5.85. The molecule has 254 valence electrons. The van der Waals surface area contributed by atoms with Gasteiger partial charge in [0.05, 0.1) is 12.0 Å². The molecule has 0 unspecified atom stereocenters. The average Bonchev–Trinajstić information content (AvgIpc) is 3.53. The van der Waals surface area contributed by atoms with Crippen LogP contribution in [0.5, 0.6) is 0 Å². The molecule has 0 fully saturated rings. The molecule has 0 saturated heterocycles. The Morgan fingerprint density at radius 2 is 1.40 bits per heavy atom. The van der Waals surface area contributed by atoms with Gasteiger partial charge in [0.25, 0.3) is 0 Å². The van der Waals surface area contributed by atoms with Gasteiger partial charge in [0.2, 0.25) is 0 Å². The number of pyridine rings is 4. The largest absolute Gasteiger partial charge is 0.407 e. The summed E-state index contributed by atoms with van der Waals surface area (Å²) < 4.78 is 1.91. The summed E-state index contributed by atoms with van der Waals surface area (Å²) in [6.07, 6.45) is 17.8. The summed E-state index contributed by atoms with van der Waals surface area (Å²) in [6, 6.07) is 21.5. The second-order valence-electron chi connectivity index (χ2n) is 11.1. The number of hydrogen-bond acceptors (Lipinski definition) is 7. The minimum Gasteiger partial charge on any atom is -0.407 e. The maximum absolute atomic E-state index is 5.85. The van der Waals surface area contributed by atoms with Crippen molar-refractivity contribution in [3.63, 3.8) is 0 Å². The topological polar surface area (TPSA) is 108 Å². The summed E-state index contributed by atoms with van der Waals surface area (Å²) in [6.45, 7) is 15.5. The van der Waals surface area contributed by atoms with Gasteiger partial charge in [0, 0.05) is 163 Å². The molecule has 0 bridgehead atoms. The van der Waals surface area contributed by atoms with Crippen LogP contribution in [0.15, 0.2) is 91.1 Å². The van der Waals surface area contributed by atoms with Gasteiger partial charge in [-0.1, -0.05) is 78.7 Å². The fourth-order valence-electron chi connectivity index (χ4n) is 3.46. The van der Waals surface area contributed by atoms with Crippen LogP contribution in [0.25, 0.3) is 17.1 Å². The number of rotatable bonds is 7. The van der Waals surface area contributed by atoms with Crippen molar-refractivity contribution < 1.29 is 131 Å². The Hall–Kier alpha value is -0.564. The summed E-state index contributed by atoms with van der Waals surface area (Å²) in [4.78, 5) is 24.7. The summed E-state index contributed by atoms with van der Waals surface area (Å²) in [5, 5.41) is 0. The molecule has 4 radical (unpaired) electrons. The fraction of sp³-hybridized carbons (Fsp3) is 0.316. The standard InChI is InChI=1S/C13H18N3.C12H14N3.C8H10N.C5H4N.4Y/c1-4-15-8-7-12(14)13-6-5-11(9-16-13)10(2)3;1-9(2)10-4-5-11(13-6-10)12-7-15(3)8-14-12;1-7(2)8-4-3-5-9-6-8;1-2-4-6-5-3-1;;;;/h6-10H,4,14H2,1-3H3;5-9H,1-3H3;3,5-7H,1-2H3;1-2,4-5H;;;;/q4*-1;;;;/b12-7-,15-8?;;;;;;;. The van der Waals surface area contributed by atoms with Crippen molar-refractivity contribution in [2.24, 2.45) is 17.8 Å². The molecule has 12 heteroatoms. The molecule has 5 aromatic rings. The first-order chi connectivity index (χ1) is 22.1. The van der Waals surface area contributed by atoms with Crippen LogP contribution in [0.2, 0.25) is 0 Å². The van der Waals surface area contributed by atoms with E-state index >= 15 is 0 Å². The van der Waals surface area contributed by atoms with Crippen molar-refractivity contribution in [3.8, 4) is 11.4 Å². The Morgan fingerprint density at radius 3 is 1.76 bits per heavy atom. The van der Waals surface area contributed by atoms with Crippen molar-refractivity contribution in [2.45, 2.75) is 66.2 Å². The number of nitrogens with zero attached hydrogens (tertiary/aromatic N) is 7. The number of imidazole rings is 1. The Kier molecular flexibility index (Phi) is 34.3. The van der Waals surface area contributed by atoms with Crippen LogP contribution in [0.4, 0.5) is 0 Å². The van der Waals surface area contributed by atoms with E-state index in [1.165, 1.54) is 5.56 Å². The van der Waals surface area contributed by atoms with E-state index in [0.717, 1.165) is 34.8 Å². The fourth-order valence-corrected chi connectivity index (χ4v) is 3.46. The molecule has 0 saturated carbocycles. The molecule has 5 aromatic heterocycles. The molecule has 50 heavy (non-hydrogen) atoms. The molecule has 0 atom stereocenters. The zero-order valence-corrected chi connectivity index (χ0v) is 42.0.